The Morgan fingerprint density at radius 2 is 2.07 bits per heavy atom. The van der Waals surface area contributed by atoms with E-state index in [2.05, 4.69) is 48.6 Å². The minimum atomic E-state index is -0.328. The van der Waals surface area contributed by atoms with Crippen LogP contribution >= 0.6 is 0 Å². The molecular weight excluding hydrogens is 338 g/mol. The third-order valence-electron chi connectivity index (χ3n) is 5.00. The number of carbonyl (C=O) groups excluding carboxylic acids is 1. The minimum absolute atomic E-state index is 0.0369. The van der Waals surface area contributed by atoms with Crippen LogP contribution in [0.2, 0.25) is 0 Å². The van der Waals surface area contributed by atoms with Crippen molar-refractivity contribution in [2.75, 3.05) is 19.8 Å². The van der Waals surface area contributed by atoms with Crippen LogP contribution in [0.15, 0.2) is 42.5 Å². The molecule has 0 aliphatic heterocycles. The normalized spacial score (nSPS) is 15.9. The Balaban J connectivity index is 1.50. The Kier molecular flexibility index (Phi) is 6.88. The molecule has 1 aliphatic carbocycles. The average molecular weight is 367 g/mol. The molecule has 2 aromatic carbocycles. The molecule has 0 amide bonds. The number of nitrogens with one attached hydrogen (secondary N) is 1. The highest BCUT2D eigenvalue weighted by Gasteiger charge is 2.19. The zero-order valence-electron chi connectivity index (χ0n) is 16.3. The number of benzene rings is 2. The second-order valence-electron chi connectivity index (χ2n) is 7.16. The molecule has 0 heterocycles. The van der Waals surface area contributed by atoms with Crippen LogP contribution in [0.4, 0.5) is 0 Å². The van der Waals surface area contributed by atoms with Gasteiger partial charge < -0.3 is 14.8 Å². The third-order valence-corrected chi connectivity index (χ3v) is 5.00. The third kappa shape index (κ3) is 5.83. The van der Waals surface area contributed by atoms with E-state index in [0.717, 1.165) is 38.0 Å². The maximum absolute atomic E-state index is 11.5. The maximum atomic E-state index is 11.5. The molecule has 1 aliphatic rings. The van der Waals surface area contributed by atoms with Crippen molar-refractivity contribution >= 4 is 5.97 Å². The van der Waals surface area contributed by atoms with E-state index < -0.39 is 0 Å². The van der Waals surface area contributed by atoms with Crippen LogP contribution in [-0.2, 0) is 28.8 Å². The number of esters is 1. The second-order valence-corrected chi connectivity index (χ2v) is 7.16. The van der Waals surface area contributed by atoms with Gasteiger partial charge in [0.05, 0.1) is 6.61 Å². The molecular formula is C23H29NO3. The highest BCUT2D eigenvalue weighted by molar-refractivity contribution is 5.71. The highest BCUT2D eigenvalue weighted by Crippen LogP contribution is 2.26. The number of aryl methyl sites for hydroxylation is 2. The van der Waals surface area contributed by atoms with Crippen molar-refractivity contribution in [3.63, 3.8) is 0 Å². The van der Waals surface area contributed by atoms with Crippen LogP contribution in [0.3, 0.4) is 0 Å². The predicted molar refractivity (Wildman–Crippen MR) is 107 cm³/mol. The van der Waals surface area contributed by atoms with Crippen molar-refractivity contribution in [3.8, 4) is 5.75 Å². The van der Waals surface area contributed by atoms with E-state index in [4.69, 9.17) is 9.47 Å². The predicted octanol–water partition coefficient (Wildman–Crippen LogP) is 3.63. The summed E-state index contributed by atoms with van der Waals surface area (Å²) in [5.41, 5.74) is 5.40. The van der Waals surface area contributed by atoms with Crippen molar-refractivity contribution < 1.29 is 14.3 Å². The number of carbonyl (C=O) groups is 1. The Morgan fingerprint density at radius 3 is 2.89 bits per heavy atom. The molecule has 1 N–H and O–H groups in total. The first-order valence-corrected chi connectivity index (χ1v) is 9.83. The van der Waals surface area contributed by atoms with Crippen LogP contribution in [0.5, 0.6) is 5.75 Å². The molecule has 0 saturated carbocycles. The number of hydrogen-bond acceptors (Lipinski definition) is 4. The van der Waals surface area contributed by atoms with Crippen molar-refractivity contribution in [2.24, 2.45) is 0 Å². The Morgan fingerprint density at radius 1 is 1.19 bits per heavy atom. The van der Waals surface area contributed by atoms with Crippen LogP contribution < -0.4 is 10.1 Å². The topological polar surface area (TPSA) is 47.6 Å². The first-order valence-electron chi connectivity index (χ1n) is 9.83. The molecule has 1 atom stereocenters. The SMILES string of the molecule is CCOC(=O)COc1ccc2c(c1)C[C@@H](NCCc1cccc(C)c1)CC2. The molecule has 0 fully saturated rings. The van der Waals surface area contributed by atoms with E-state index in [-0.39, 0.29) is 12.6 Å². The molecule has 3 rings (SSSR count). The quantitative estimate of drug-likeness (QED) is 0.724. The lowest BCUT2D eigenvalue weighted by molar-refractivity contribution is -0.145. The van der Waals surface area contributed by atoms with E-state index >= 15 is 0 Å². The summed E-state index contributed by atoms with van der Waals surface area (Å²) >= 11 is 0. The Labute approximate surface area is 161 Å². The van der Waals surface area contributed by atoms with Gasteiger partial charge in [-0.15, -0.1) is 0 Å². The highest BCUT2D eigenvalue weighted by atomic mass is 16.6. The van der Waals surface area contributed by atoms with Gasteiger partial charge in [0.1, 0.15) is 5.75 Å². The van der Waals surface area contributed by atoms with Crippen LogP contribution in [0.1, 0.15) is 35.6 Å². The molecule has 0 bridgehead atoms. The van der Waals surface area contributed by atoms with Gasteiger partial charge in [-0.2, -0.15) is 0 Å². The lowest BCUT2D eigenvalue weighted by atomic mass is 9.88. The van der Waals surface area contributed by atoms with Crippen LogP contribution in [0.25, 0.3) is 0 Å². The van der Waals surface area contributed by atoms with Crippen molar-refractivity contribution in [2.45, 2.75) is 45.6 Å². The summed E-state index contributed by atoms with van der Waals surface area (Å²) in [4.78, 5) is 11.5. The fourth-order valence-electron chi connectivity index (χ4n) is 3.63. The van der Waals surface area contributed by atoms with Gasteiger partial charge in [0.25, 0.3) is 0 Å². The fourth-order valence-corrected chi connectivity index (χ4v) is 3.63. The molecule has 0 radical (unpaired) electrons. The van der Waals surface area contributed by atoms with Gasteiger partial charge in [-0.3, -0.25) is 0 Å². The first-order chi connectivity index (χ1) is 13.1. The van der Waals surface area contributed by atoms with E-state index in [1.165, 1.54) is 22.3 Å². The molecule has 0 spiro atoms. The molecule has 144 valence electrons. The number of fused-ring (bicyclic) bond motifs is 1. The summed E-state index contributed by atoms with van der Waals surface area (Å²) in [5, 5.41) is 3.70. The smallest absolute Gasteiger partial charge is 0.344 e. The molecule has 4 heteroatoms. The van der Waals surface area contributed by atoms with E-state index in [1.807, 2.05) is 6.07 Å². The molecule has 0 unspecified atom stereocenters. The number of ether oxygens (including phenoxy) is 2. The van der Waals surface area contributed by atoms with Crippen molar-refractivity contribution in [3.05, 3.63) is 64.7 Å². The zero-order chi connectivity index (χ0) is 19.1. The van der Waals surface area contributed by atoms with Gasteiger partial charge >= 0.3 is 5.97 Å². The minimum Gasteiger partial charge on any atom is -0.482 e. The molecule has 0 saturated heterocycles. The maximum Gasteiger partial charge on any atom is 0.344 e. The summed E-state index contributed by atoms with van der Waals surface area (Å²) in [5.74, 6) is 0.410. The van der Waals surface area contributed by atoms with E-state index in [9.17, 15) is 4.79 Å². The number of hydrogen-bond donors (Lipinski definition) is 1. The Bertz CT molecular complexity index is 772. The van der Waals surface area contributed by atoms with E-state index in [0.29, 0.717) is 12.6 Å². The first kappa shape index (κ1) is 19.4. The van der Waals surface area contributed by atoms with Gasteiger partial charge in [-0.05, 0) is 74.9 Å². The largest absolute Gasteiger partial charge is 0.482 e. The lowest BCUT2D eigenvalue weighted by Crippen LogP contribution is -2.35. The molecule has 27 heavy (non-hydrogen) atoms. The zero-order valence-corrected chi connectivity index (χ0v) is 16.3. The van der Waals surface area contributed by atoms with Gasteiger partial charge in [0, 0.05) is 6.04 Å². The summed E-state index contributed by atoms with van der Waals surface area (Å²) < 4.78 is 10.5. The standard InChI is InChI=1S/C23H29NO3/c1-3-26-23(25)16-27-22-10-8-19-7-9-21(14-20(19)15-22)24-12-11-18-6-4-5-17(2)13-18/h4-6,8,10,13,15,21,24H,3,7,9,11-12,14,16H2,1-2H3/t21-/m0/s1. The van der Waals surface area contributed by atoms with Gasteiger partial charge in [0.15, 0.2) is 6.61 Å². The van der Waals surface area contributed by atoms with Gasteiger partial charge in [0.2, 0.25) is 0 Å². The van der Waals surface area contributed by atoms with Crippen LogP contribution in [-0.4, -0.2) is 31.8 Å². The monoisotopic (exact) mass is 367 g/mol. The van der Waals surface area contributed by atoms with Gasteiger partial charge in [-0.25, -0.2) is 4.79 Å². The van der Waals surface area contributed by atoms with E-state index in [1.54, 1.807) is 6.92 Å². The second kappa shape index (κ2) is 9.56. The number of rotatable bonds is 8. The summed E-state index contributed by atoms with van der Waals surface area (Å²) in [7, 11) is 0. The van der Waals surface area contributed by atoms with Gasteiger partial charge in [-0.1, -0.05) is 35.9 Å². The molecule has 4 nitrogen and oxygen atoms in total. The average Bonchev–Trinajstić information content (AvgIpc) is 2.66. The molecule has 2 aromatic rings. The van der Waals surface area contributed by atoms with Crippen molar-refractivity contribution in [1.29, 1.82) is 0 Å². The fraction of sp³-hybridized carbons (Fsp3) is 0.435. The summed E-state index contributed by atoms with van der Waals surface area (Å²) in [6.07, 6.45) is 4.28. The Hall–Kier alpha value is -2.33. The van der Waals surface area contributed by atoms with Crippen LogP contribution in [0, 0.1) is 6.92 Å². The summed E-state index contributed by atoms with van der Waals surface area (Å²) in [6.45, 7) is 5.26. The lowest BCUT2D eigenvalue weighted by Gasteiger charge is -2.26. The van der Waals surface area contributed by atoms with Crippen molar-refractivity contribution in [1.82, 2.24) is 5.32 Å². The summed E-state index contributed by atoms with van der Waals surface area (Å²) in [6, 6.07) is 15.3. The molecule has 0 aromatic heterocycles.